The first-order valence-corrected chi connectivity index (χ1v) is 6.40. The molecule has 0 saturated heterocycles. The van der Waals surface area contributed by atoms with Crippen LogP contribution in [0.4, 0.5) is 0 Å². The van der Waals surface area contributed by atoms with E-state index >= 15 is 0 Å². The molecule has 1 N–H and O–H groups in total. The molecule has 1 aliphatic rings. The molecule has 0 aliphatic carbocycles. The third kappa shape index (κ3) is 2.53. The lowest BCUT2D eigenvalue weighted by molar-refractivity contribution is 0.00693. The van der Waals surface area contributed by atoms with Crippen molar-refractivity contribution < 1.29 is 4.74 Å². The van der Waals surface area contributed by atoms with Crippen molar-refractivity contribution in [3.05, 3.63) is 17.2 Å². The lowest BCUT2D eigenvalue weighted by atomic mass is 10.1. The van der Waals surface area contributed by atoms with Crippen LogP contribution in [0.3, 0.4) is 0 Å². The van der Waals surface area contributed by atoms with E-state index in [0.29, 0.717) is 0 Å². The predicted molar refractivity (Wildman–Crippen MR) is 68.1 cm³/mol. The third-order valence-electron chi connectivity index (χ3n) is 3.47. The number of rotatable bonds is 4. The molecular formula is C13H23N3O. The number of aromatic nitrogens is 2. The zero-order valence-corrected chi connectivity index (χ0v) is 11.3. The lowest BCUT2D eigenvalue weighted by Gasteiger charge is -2.26. The molecule has 1 aliphatic heterocycles. The van der Waals surface area contributed by atoms with Gasteiger partial charge in [0, 0.05) is 38.7 Å². The summed E-state index contributed by atoms with van der Waals surface area (Å²) in [6, 6.07) is 0. The fraction of sp³-hybridized carbons (Fsp3) is 0.769. The van der Waals surface area contributed by atoms with Crippen LogP contribution in [0.1, 0.15) is 38.0 Å². The predicted octanol–water partition coefficient (Wildman–Crippen LogP) is 1.52. The van der Waals surface area contributed by atoms with E-state index < -0.39 is 0 Å². The van der Waals surface area contributed by atoms with Gasteiger partial charge in [-0.05, 0) is 13.8 Å². The Balaban J connectivity index is 2.34. The minimum absolute atomic E-state index is 0.136. The number of hydrogen-bond acceptors (Lipinski definition) is 3. The molecule has 2 heterocycles. The number of methoxy groups -OCH3 is 1. The summed E-state index contributed by atoms with van der Waals surface area (Å²) in [4.78, 5) is 4.73. The van der Waals surface area contributed by atoms with E-state index in [2.05, 4.69) is 30.7 Å². The second-order valence-corrected chi connectivity index (χ2v) is 5.25. The number of aryl methyl sites for hydroxylation is 1. The minimum atomic E-state index is -0.136. The Hall–Kier alpha value is -0.870. The van der Waals surface area contributed by atoms with Crippen LogP contribution in [0.2, 0.25) is 0 Å². The average molecular weight is 237 g/mol. The van der Waals surface area contributed by atoms with Crippen LogP contribution in [-0.4, -0.2) is 28.8 Å². The molecule has 0 aromatic carbocycles. The molecule has 0 bridgehead atoms. The number of nitrogens with one attached hydrogen (secondary N) is 1. The Morgan fingerprint density at radius 2 is 2.24 bits per heavy atom. The summed E-state index contributed by atoms with van der Waals surface area (Å²) >= 11 is 0. The molecule has 4 nitrogen and oxygen atoms in total. The van der Waals surface area contributed by atoms with Gasteiger partial charge in [0.25, 0.3) is 0 Å². The maximum absolute atomic E-state index is 5.54. The van der Waals surface area contributed by atoms with Gasteiger partial charge in [0.1, 0.15) is 5.82 Å². The quantitative estimate of drug-likeness (QED) is 0.863. The van der Waals surface area contributed by atoms with Gasteiger partial charge in [-0.3, -0.25) is 0 Å². The fourth-order valence-corrected chi connectivity index (χ4v) is 2.33. The normalized spacial score (nSPS) is 16.0. The Labute approximate surface area is 103 Å². The zero-order valence-electron chi connectivity index (χ0n) is 11.3. The second kappa shape index (κ2) is 4.78. The van der Waals surface area contributed by atoms with Crippen molar-refractivity contribution in [3.63, 3.8) is 0 Å². The number of imidazole rings is 1. The number of ether oxygens (including phenoxy) is 1. The number of hydrogen-bond donors (Lipinski definition) is 1. The van der Waals surface area contributed by atoms with E-state index in [9.17, 15) is 0 Å². The van der Waals surface area contributed by atoms with Crippen molar-refractivity contribution in [1.82, 2.24) is 14.9 Å². The van der Waals surface area contributed by atoms with Crippen LogP contribution in [0.15, 0.2) is 0 Å². The minimum Gasteiger partial charge on any atom is -0.377 e. The molecule has 0 fully saturated rings. The first kappa shape index (κ1) is 12.6. The number of fused-ring (bicyclic) bond motifs is 1. The molecule has 2 rings (SSSR count). The second-order valence-electron chi connectivity index (χ2n) is 5.25. The summed E-state index contributed by atoms with van der Waals surface area (Å²) in [5, 5.41) is 3.38. The highest BCUT2D eigenvalue weighted by atomic mass is 16.5. The molecule has 1 aromatic rings. The van der Waals surface area contributed by atoms with Crippen LogP contribution in [0, 0.1) is 0 Å². The molecule has 0 amide bonds. The van der Waals surface area contributed by atoms with E-state index in [1.54, 1.807) is 7.11 Å². The molecule has 0 atom stereocenters. The van der Waals surface area contributed by atoms with Gasteiger partial charge in [0.05, 0.1) is 17.8 Å². The average Bonchev–Trinajstić information content (AvgIpc) is 2.67. The molecule has 17 heavy (non-hydrogen) atoms. The maximum Gasteiger partial charge on any atom is 0.109 e. The summed E-state index contributed by atoms with van der Waals surface area (Å²) in [7, 11) is 1.77. The van der Waals surface area contributed by atoms with E-state index in [1.165, 1.54) is 17.2 Å². The van der Waals surface area contributed by atoms with Gasteiger partial charge < -0.3 is 14.6 Å². The summed E-state index contributed by atoms with van der Waals surface area (Å²) in [5.41, 5.74) is 2.48. The highest BCUT2D eigenvalue weighted by Crippen LogP contribution is 2.21. The summed E-state index contributed by atoms with van der Waals surface area (Å²) < 4.78 is 7.90. The van der Waals surface area contributed by atoms with E-state index in [-0.39, 0.29) is 5.60 Å². The first-order valence-electron chi connectivity index (χ1n) is 6.40. The van der Waals surface area contributed by atoms with Crippen molar-refractivity contribution in [2.24, 2.45) is 0 Å². The lowest BCUT2D eigenvalue weighted by Crippen LogP contribution is -2.32. The van der Waals surface area contributed by atoms with E-state index in [0.717, 1.165) is 32.5 Å². The Morgan fingerprint density at radius 1 is 1.47 bits per heavy atom. The molecule has 0 spiro atoms. The molecule has 0 saturated carbocycles. The molecular weight excluding hydrogens is 214 g/mol. The summed E-state index contributed by atoms with van der Waals surface area (Å²) in [6.45, 7) is 9.25. The van der Waals surface area contributed by atoms with Crippen LogP contribution in [0.25, 0.3) is 0 Å². The standard InChI is InChI=1S/C13H23N3O/c1-5-12-15-10-8-14-7-6-11(10)16(12)9-13(2,3)17-4/h14H,5-9H2,1-4H3. The van der Waals surface area contributed by atoms with Gasteiger partial charge in [-0.1, -0.05) is 6.92 Å². The van der Waals surface area contributed by atoms with Crippen LogP contribution in [-0.2, 0) is 30.7 Å². The topological polar surface area (TPSA) is 39.1 Å². The van der Waals surface area contributed by atoms with Crippen molar-refractivity contribution in [3.8, 4) is 0 Å². The smallest absolute Gasteiger partial charge is 0.109 e. The monoisotopic (exact) mass is 237 g/mol. The van der Waals surface area contributed by atoms with Gasteiger partial charge in [-0.15, -0.1) is 0 Å². The van der Waals surface area contributed by atoms with Crippen molar-refractivity contribution >= 4 is 0 Å². The van der Waals surface area contributed by atoms with Crippen LogP contribution < -0.4 is 5.32 Å². The van der Waals surface area contributed by atoms with Gasteiger partial charge in [-0.2, -0.15) is 0 Å². The van der Waals surface area contributed by atoms with Crippen molar-refractivity contribution in [2.75, 3.05) is 13.7 Å². The molecule has 4 heteroatoms. The summed E-state index contributed by atoms with van der Waals surface area (Å²) in [5.74, 6) is 1.18. The molecule has 1 aromatic heterocycles. The number of nitrogens with zero attached hydrogens (tertiary/aromatic N) is 2. The van der Waals surface area contributed by atoms with Crippen LogP contribution >= 0.6 is 0 Å². The summed E-state index contributed by atoms with van der Waals surface area (Å²) in [6.07, 6.45) is 2.05. The van der Waals surface area contributed by atoms with Crippen molar-refractivity contribution in [2.45, 2.75) is 52.3 Å². The maximum atomic E-state index is 5.54. The van der Waals surface area contributed by atoms with E-state index in [4.69, 9.17) is 9.72 Å². The fourth-order valence-electron chi connectivity index (χ4n) is 2.33. The Bertz CT molecular complexity index is 396. The van der Waals surface area contributed by atoms with E-state index in [1.807, 2.05) is 0 Å². The molecule has 0 unspecified atom stereocenters. The third-order valence-corrected chi connectivity index (χ3v) is 3.47. The SMILES string of the molecule is CCc1nc2c(n1CC(C)(C)OC)CCNC2. The Kier molecular flexibility index (Phi) is 3.54. The van der Waals surface area contributed by atoms with Gasteiger partial charge >= 0.3 is 0 Å². The zero-order chi connectivity index (χ0) is 12.5. The molecule has 0 radical (unpaired) electrons. The van der Waals surface area contributed by atoms with Gasteiger partial charge in [0.15, 0.2) is 0 Å². The van der Waals surface area contributed by atoms with Crippen molar-refractivity contribution in [1.29, 1.82) is 0 Å². The highest BCUT2D eigenvalue weighted by molar-refractivity contribution is 5.20. The Morgan fingerprint density at radius 3 is 2.88 bits per heavy atom. The first-order chi connectivity index (χ1) is 8.07. The molecule has 96 valence electrons. The van der Waals surface area contributed by atoms with Crippen LogP contribution in [0.5, 0.6) is 0 Å². The van der Waals surface area contributed by atoms with Gasteiger partial charge in [0.2, 0.25) is 0 Å². The largest absolute Gasteiger partial charge is 0.377 e. The highest BCUT2D eigenvalue weighted by Gasteiger charge is 2.24. The van der Waals surface area contributed by atoms with Gasteiger partial charge in [-0.25, -0.2) is 4.98 Å².